The van der Waals surface area contributed by atoms with Gasteiger partial charge in [-0.1, -0.05) is 42.5 Å². The molecule has 1 aliphatic heterocycles. The fourth-order valence-corrected chi connectivity index (χ4v) is 4.84. The first-order chi connectivity index (χ1) is 16.9. The number of nitrogens with one attached hydrogen (secondary N) is 2. The van der Waals surface area contributed by atoms with Crippen LogP contribution in [0.4, 0.5) is 5.69 Å². The summed E-state index contributed by atoms with van der Waals surface area (Å²) in [7, 11) is -4.20. The minimum Gasteiger partial charge on any atom is -0.451 e. The van der Waals surface area contributed by atoms with Gasteiger partial charge in [-0.2, -0.15) is 8.42 Å². The first kappa shape index (κ1) is 22.8. The maximum absolute atomic E-state index is 12.5. The van der Waals surface area contributed by atoms with Crippen LogP contribution in [0.3, 0.4) is 0 Å². The van der Waals surface area contributed by atoms with Gasteiger partial charge in [-0.3, -0.25) is 4.79 Å². The van der Waals surface area contributed by atoms with Crippen molar-refractivity contribution in [2.24, 2.45) is 0 Å². The van der Waals surface area contributed by atoms with Crippen LogP contribution in [0.25, 0.3) is 22.1 Å². The van der Waals surface area contributed by atoms with Gasteiger partial charge in [0, 0.05) is 11.1 Å². The molecular weight excluding hydrogens is 468 g/mol. The molecule has 0 unspecified atom stereocenters. The largest absolute Gasteiger partial charge is 0.451 e. The molecule has 1 aromatic heterocycles. The van der Waals surface area contributed by atoms with Crippen LogP contribution in [0, 0.1) is 0 Å². The lowest BCUT2D eigenvalue weighted by atomic mass is 10.1. The summed E-state index contributed by atoms with van der Waals surface area (Å²) in [6.45, 7) is 0.664. The zero-order valence-corrected chi connectivity index (χ0v) is 19.4. The Morgan fingerprint density at radius 1 is 0.943 bits per heavy atom. The van der Waals surface area contributed by atoms with Crippen LogP contribution < -0.4 is 10.6 Å². The molecule has 0 radical (unpaired) electrons. The smallest absolute Gasteiger partial charge is 0.341 e. The number of benzene rings is 3. The predicted octanol–water partition coefficient (Wildman–Crippen LogP) is 4.34. The van der Waals surface area contributed by atoms with E-state index in [4.69, 9.17) is 8.60 Å². The Kier molecular flexibility index (Phi) is 6.10. The fourth-order valence-electron chi connectivity index (χ4n) is 3.95. The lowest BCUT2D eigenvalue weighted by molar-refractivity contribution is -0.135. The number of para-hydroxylation sites is 1. The number of anilines is 1. The first-order valence-electron chi connectivity index (χ1n) is 11.1. The van der Waals surface area contributed by atoms with Gasteiger partial charge in [-0.25, -0.2) is 4.79 Å². The Balaban J connectivity index is 1.25. The zero-order chi connectivity index (χ0) is 24.4. The number of fused-ring (bicyclic) bond motifs is 1. The molecule has 0 bridgehead atoms. The van der Waals surface area contributed by atoms with Crippen LogP contribution in [0.15, 0.2) is 88.2 Å². The number of hydrogen-bond acceptors (Lipinski definition) is 7. The minimum atomic E-state index is -4.20. The molecule has 4 aromatic rings. The SMILES string of the molecule is O=C(Nc1ccc(-c2ccc(S(=O)(=O)OC(=O)[C@@H]3CCCN3)cc2)cc1)c1cc2ccccc2o1. The van der Waals surface area contributed by atoms with Crippen molar-refractivity contribution in [3.8, 4) is 11.1 Å². The standard InChI is InChI=1S/C26H22N2O6S/c29-25(24-16-19-4-1-2-6-23(19)33-24)28-20-11-7-17(8-12-20)18-9-13-21(14-10-18)35(31,32)34-26(30)22-5-3-15-27-22/h1-2,4,6-14,16,22,27H,3,5,15H2,(H,28,29)/t22-/m0/s1. The molecule has 2 heterocycles. The highest BCUT2D eigenvalue weighted by Crippen LogP contribution is 2.25. The third-order valence-electron chi connectivity index (χ3n) is 5.81. The van der Waals surface area contributed by atoms with Crippen molar-refractivity contribution in [2.45, 2.75) is 23.8 Å². The van der Waals surface area contributed by atoms with Crippen molar-refractivity contribution in [2.75, 3.05) is 11.9 Å². The minimum absolute atomic E-state index is 0.0951. The average molecular weight is 491 g/mol. The molecule has 1 aliphatic rings. The van der Waals surface area contributed by atoms with Gasteiger partial charge in [0.1, 0.15) is 16.5 Å². The summed E-state index contributed by atoms with van der Waals surface area (Å²) in [5, 5.41) is 6.57. The maximum atomic E-state index is 12.5. The Morgan fingerprint density at radius 2 is 1.63 bits per heavy atom. The Hall–Kier alpha value is -3.95. The van der Waals surface area contributed by atoms with E-state index in [1.54, 1.807) is 36.4 Å². The van der Waals surface area contributed by atoms with Crippen molar-refractivity contribution < 1.29 is 26.6 Å². The lowest BCUT2D eigenvalue weighted by Gasteiger charge is -2.11. The zero-order valence-electron chi connectivity index (χ0n) is 18.6. The number of rotatable bonds is 6. The molecule has 3 aromatic carbocycles. The third-order valence-corrected chi connectivity index (χ3v) is 7.04. The first-order valence-corrected chi connectivity index (χ1v) is 12.5. The monoisotopic (exact) mass is 490 g/mol. The Labute approximate surface area is 202 Å². The molecule has 9 heteroatoms. The van der Waals surface area contributed by atoms with E-state index >= 15 is 0 Å². The Morgan fingerprint density at radius 3 is 2.29 bits per heavy atom. The van der Waals surface area contributed by atoms with Crippen LogP contribution in [-0.2, 0) is 19.1 Å². The summed E-state index contributed by atoms with van der Waals surface area (Å²) in [4.78, 5) is 24.5. The van der Waals surface area contributed by atoms with Gasteiger partial charge in [0.15, 0.2) is 5.76 Å². The lowest BCUT2D eigenvalue weighted by Crippen LogP contribution is -2.33. The molecule has 178 valence electrons. The van der Waals surface area contributed by atoms with Crippen molar-refractivity contribution in [1.82, 2.24) is 5.32 Å². The normalized spacial score (nSPS) is 15.7. The van der Waals surface area contributed by atoms with Crippen molar-refractivity contribution >= 4 is 38.7 Å². The predicted molar refractivity (Wildman–Crippen MR) is 130 cm³/mol. The summed E-state index contributed by atoms with van der Waals surface area (Å²) >= 11 is 0. The molecule has 35 heavy (non-hydrogen) atoms. The molecule has 1 amide bonds. The highest BCUT2D eigenvalue weighted by Gasteiger charge is 2.29. The van der Waals surface area contributed by atoms with Crippen molar-refractivity contribution in [1.29, 1.82) is 0 Å². The summed E-state index contributed by atoms with van der Waals surface area (Å²) in [6, 6.07) is 21.7. The summed E-state index contributed by atoms with van der Waals surface area (Å²) in [5.41, 5.74) is 2.82. The summed E-state index contributed by atoms with van der Waals surface area (Å²) in [6.07, 6.45) is 1.36. The van der Waals surface area contributed by atoms with Gasteiger partial charge in [-0.15, -0.1) is 0 Å². The molecule has 1 atom stereocenters. The topological polar surface area (TPSA) is 115 Å². The third kappa shape index (κ3) is 4.96. The van der Waals surface area contributed by atoms with Gasteiger partial charge in [0.2, 0.25) is 0 Å². The van der Waals surface area contributed by atoms with E-state index in [2.05, 4.69) is 10.6 Å². The van der Waals surface area contributed by atoms with E-state index in [-0.39, 0.29) is 16.6 Å². The maximum Gasteiger partial charge on any atom is 0.341 e. The van der Waals surface area contributed by atoms with E-state index in [9.17, 15) is 18.0 Å². The fraction of sp³-hybridized carbons (Fsp3) is 0.154. The molecule has 1 fully saturated rings. The van der Waals surface area contributed by atoms with Gasteiger partial charge in [0.25, 0.3) is 5.91 Å². The van der Waals surface area contributed by atoms with Crippen LogP contribution in [0.2, 0.25) is 0 Å². The number of amides is 1. The van der Waals surface area contributed by atoms with Crippen LogP contribution in [-0.4, -0.2) is 32.9 Å². The van der Waals surface area contributed by atoms with E-state index in [1.807, 2.05) is 30.3 Å². The number of carbonyl (C=O) groups is 2. The molecule has 8 nitrogen and oxygen atoms in total. The molecule has 2 N–H and O–H groups in total. The van der Waals surface area contributed by atoms with Crippen molar-refractivity contribution in [3.63, 3.8) is 0 Å². The van der Waals surface area contributed by atoms with Crippen LogP contribution in [0.5, 0.6) is 0 Å². The van der Waals surface area contributed by atoms with E-state index in [1.165, 1.54) is 12.1 Å². The molecule has 0 aliphatic carbocycles. The van der Waals surface area contributed by atoms with Crippen LogP contribution in [0.1, 0.15) is 23.4 Å². The molecule has 1 saturated heterocycles. The molecule has 0 spiro atoms. The molecule has 0 saturated carbocycles. The second-order valence-corrected chi connectivity index (χ2v) is 9.76. The van der Waals surface area contributed by atoms with Crippen molar-refractivity contribution in [3.05, 3.63) is 84.6 Å². The quantitative estimate of drug-likeness (QED) is 0.387. The van der Waals surface area contributed by atoms with E-state index in [0.717, 1.165) is 22.9 Å². The van der Waals surface area contributed by atoms with Crippen LogP contribution >= 0.6 is 0 Å². The average Bonchev–Trinajstić information content (AvgIpc) is 3.55. The second-order valence-electron chi connectivity index (χ2n) is 8.21. The van der Waals surface area contributed by atoms with Gasteiger partial charge in [-0.05, 0) is 66.9 Å². The number of carbonyl (C=O) groups excluding carboxylic acids is 2. The van der Waals surface area contributed by atoms with Gasteiger partial charge in [0.05, 0.1) is 0 Å². The second kappa shape index (κ2) is 9.36. The highest BCUT2D eigenvalue weighted by molar-refractivity contribution is 7.87. The van der Waals surface area contributed by atoms with E-state index < -0.39 is 22.1 Å². The summed E-state index contributed by atoms with van der Waals surface area (Å²) in [5.74, 6) is -0.922. The summed E-state index contributed by atoms with van der Waals surface area (Å²) < 4.78 is 35.3. The molecule has 5 rings (SSSR count). The van der Waals surface area contributed by atoms with Gasteiger partial charge >= 0.3 is 16.1 Å². The number of hydrogen-bond donors (Lipinski definition) is 2. The Bertz CT molecular complexity index is 1450. The number of furan rings is 1. The highest BCUT2D eigenvalue weighted by atomic mass is 32.2. The molecular formula is C26H22N2O6S. The van der Waals surface area contributed by atoms with E-state index in [0.29, 0.717) is 24.2 Å². The van der Waals surface area contributed by atoms with Gasteiger partial charge < -0.3 is 19.2 Å².